The largest absolute Gasteiger partial charge is 0.360 e. The molecule has 3 rings (SSSR count). The van der Waals surface area contributed by atoms with Gasteiger partial charge in [0.2, 0.25) is 0 Å². The molecule has 6 heteroatoms. The number of nitrogens with one attached hydrogen (secondary N) is 1. The van der Waals surface area contributed by atoms with E-state index in [1.54, 1.807) is 36.4 Å². The third-order valence-corrected chi connectivity index (χ3v) is 3.57. The van der Waals surface area contributed by atoms with E-state index in [0.29, 0.717) is 21.5 Å². The van der Waals surface area contributed by atoms with E-state index in [0.717, 1.165) is 0 Å². The Bertz CT molecular complexity index is 870. The van der Waals surface area contributed by atoms with Crippen molar-refractivity contribution in [3.63, 3.8) is 0 Å². The second kappa shape index (κ2) is 5.03. The van der Waals surface area contributed by atoms with Gasteiger partial charge in [-0.2, -0.15) is 0 Å². The number of hydrogen-bond donors (Lipinski definition) is 1. The van der Waals surface area contributed by atoms with Crippen molar-refractivity contribution >= 4 is 34.0 Å². The third kappa shape index (κ3) is 2.17. The summed E-state index contributed by atoms with van der Waals surface area (Å²) in [5, 5.41) is 11.8. The van der Waals surface area contributed by atoms with Crippen molar-refractivity contribution in [1.82, 2.24) is 4.98 Å². The number of benzene rings is 2. The molecule has 0 atom stereocenters. The first-order chi connectivity index (χ1) is 10.1. The Morgan fingerprint density at radius 2 is 1.86 bits per heavy atom. The molecule has 2 aromatic carbocycles. The summed E-state index contributed by atoms with van der Waals surface area (Å²) in [6.45, 7) is 0. The zero-order valence-electron chi connectivity index (χ0n) is 10.7. The number of nitrogens with zero attached hydrogens (tertiary/aromatic N) is 1. The van der Waals surface area contributed by atoms with Gasteiger partial charge in [0, 0.05) is 17.8 Å². The van der Waals surface area contributed by atoms with Gasteiger partial charge >= 0.3 is 0 Å². The van der Waals surface area contributed by atoms with Crippen molar-refractivity contribution in [2.75, 3.05) is 0 Å². The van der Waals surface area contributed by atoms with E-state index >= 15 is 0 Å². The first-order valence-corrected chi connectivity index (χ1v) is 6.51. The number of nitro groups is 1. The molecule has 0 fully saturated rings. The van der Waals surface area contributed by atoms with Crippen LogP contribution in [-0.2, 0) is 0 Å². The van der Waals surface area contributed by atoms with E-state index in [4.69, 9.17) is 11.6 Å². The summed E-state index contributed by atoms with van der Waals surface area (Å²) in [4.78, 5) is 26.1. The Morgan fingerprint density at radius 3 is 2.57 bits per heavy atom. The molecule has 0 aliphatic heterocycles. The molecular formula is C15H9ClN2O3. The number of carbonyl (C=O) groups excluding carboxylic acids is 1. The van der Waals surface area contributed by atoms with Crippen molar-refractivity contribution in [2.24, 2.45) is 0 Å². The molecule has 0 bridgehead atoms. The molecule has 0 aliphatic rings. The van der Waals surface area contributed by atoms with Crippen LogP contribution in [0.1, 0.15) is 15.9 Å². The minimum atomic E-state index is -0.500. The van der Waals surface area contributed by atoms with Gasteiger partial charge in [0.25, 0.3) is 5.69 Å². The van der Waals surface area contributed by atoms with Gasteiger partial charge in [-0.15, -0.1) is 0 Å². The number of aromatic amines is 1. The maximum atomic E-state index is 12.6. The summed E-state index contributed by atoms with van der Waals surface area (Å²) in [5.41, 5.74) is 0.993. The van der Waals surface area contributed by atoms with Gasteiger partial charge in [-0.05, 0) is 18.2 Å². The number of hydrogen-bond acceptors (Lipinski definition) is 3. The molecule has 21 heavy (non-hydrogen) atoms. The molecule has 1 heterocycles. The van der Waals surface area contributed by atoms with Gasteiger partial charge in [-0.1, -0.05) is 29.8 Å². The second-order valence-corrected chi connectivity index (χ2v) is 4.88. The van der Waals surface area contributed by atoms with Gasteiger partial charge in [0.1, 0.15) is 0 Å². The van der Waals surface area contributed by atoms with E-state index < -0.39 is 4.92 Å². The lowest BCUT2D eigenvalue weighted by Crippen LogP contribution is -2.02. The number of H-pyrrole nitrogens is 1. The van der Waals surface area contributed by atoms with Gasteiger partial charge in [0.05, 0.1) is 26.4 Å². The SMILES string of the molecule is O=C(c1ccccc1Cl)c1c[nH]c2cccc([N+](=O)[O-])c12. The van der Waals surface area contributed by atoms with Gasteiger partial charge in [-0.25, -0.2) is 0 Å². The monoisotopic (exact) mass is 300 g/mol. The number of carbonyl (C=O) groups is 1. The predicted molar refractivity (Wildman–Crippen MR) is 79.8 cm³/mol. The van der Waals surface area contributed by atoms with Crippen LogP contribution in [-0.4, -0.2) is 15.7 Å². The smallest absolute Gasteiger partial charge is 0.279 e. The summed E-state index contributed by atoms with van der Waals surface area (Å²) in [6, 6.07) is 11.3. The maximum absolute atomic E-state index is 12.6. The van der Waals surface area contributed by atoms with Gasteiger partial charge in [0.15, 0.2) is 5.78 Å². The maximum Gasteiger partial charge on any atom is 0.279 e. The molecule has 0 spiro atoms. The number of fused-ring (bicyclic) bond motifs is 1. The van der Waals surface area contributed by atoms with Crippen LogP contribution < -0.4 is 0 Å². The summed E-state index contributed by atoms with van der Waals surface area (Å²) < 4.78 is 0. The molecule has 0 unspecified atom stereocenters. The van der Waals surface area contributed by atoms with E-state index in [1.807, 2.05) is 0 Å². The molecule has 0 radical (unpaired) electrons. The highest BCUT2D eigenvalue weighted by molar-refractivity contribution is 6.35. The van der Waals surface area contributed by atoms with Gasteiger partial charge < -0.3 is 4.98 Å². The highest BCUT2D eigenvalue weighted by atomic mass is 35.5. The van der Waals surface area contributed by atoms with Crippen LogP contribution in [0.3, 0.4) is 0 Å². The topological polar surface area (TPSA) is 76.0 Å². The predicted octanol–water partition coefficient (Wildman–Crippen LogP) is 3.96. The molecule has 1 aromatic heterocycles. The fraction of sp³-hybridized carbons (Fsp3) is 0. The van der Waals surface area contributed by atoms with Crippen molar-refractivity contribution < 1.29 is 9.72 Å². The molecule has 0 saturated heterocycles. The van der Waals surface area contributed by atoms with Crippen molar-refractivity contribution in [3.8, 4) is 0 Å². The Balaban J connectivity index is 2.24. The minimum Gasteiger partial charge on any atom is -0.360 e. The van der Waals surface area contributed by atoms with E-state index in [2.05, 4.69) is 4.98 Å². The number of aromatic nitrogens is 1. The van der Waals surface area contributed by atoms with E-state index in [9.17, 15) is 14.9 Å². The molecule has 0 saturated carbocycles. The molecule has 0 amide bonds. The Hall–Kier alpha value is -2.66. The highest BCUT2D eigenvalue weighted by Crippen LogP contribution is 2.31. The Kier molecular flexibility index (Phi) is 3.19. The number of nitro benzene ring substituents is 1. The highest BCUT2D eigenvalue weighted by Gasteiger charge is 2.22. The minimum absolute atomic E-state index is 0.107. The fourth-order valence-corrected chi connectivity index (χ4v) is 2.51. The zero-order valence-corrected chi connectivity index (χ0v) is 11.4. The van der Waals surface area contributed by atoms with E-state index in [-0.39, 0.29) is 17.0 Å². The van der Waals surface area contributed by atoms with Crippen LogP contribution >= 0.6 is 11.6 Å². The number of non-ortho nitro benzene ring substituents is 1. The third-order valence-electron chi connectivity index (χ3n) is 3.24. The Labute approximate surface area is 124 Å². The summed E-state index contributed by atoms with van der Waals surface area (Å²) in [6.07, 6.45) is 1.48. The summed E-state index contributed by atoms with van der Waals surface area (Å²) in [7, 11) is 0. The van der Waals surface area contributed by atoms with E-state index in [1.165, 1.54) is 12.3 Å². The van der Waals surface area contributed by atoms with Crippen LogP contribution in [0.15, 0.2) is 48.7 Å². The Morgan fingerprint density at radius 1 is 1.10 bits per heavy atom. The lowest BCUT2D eigenvalue weighted by Gasteiger charge is -2.02. The van der Waals surface area contributed by atoms with Crippen LogP contribution in [0.4, 0.5) is 5.69 Å². The first kappa shape index (κ1) is 13.3. The van der Waals surface area contributed by atoms with Crippen molar-refractivity contribution in [3.05, 3.63) is 74.9 Å². The molecular weight excluding hydrogens is 292 g/mol. The lowest BCUT2D eigenvalue weighted by molar-refractivity contribution is -0.383. The normalized spacial score (nSPS) is 10.7. The van der Waals surface area contributed by atoms with Crippen LogP contribution in [0.2, 0.25) is 5.02 Å². The van der Waals surface area contributed by atoms with Gasteiger partial charge in [-0.3, -0.25) is 14.9 Å². The van der Waals surface area contributed by atoms with Crippen LogP contribution in [0.5, 0.6) is 0 Å². The lowest BCUT2D eigenvalue weighted by atomic mass is 10.0. The first-order valence-electron chi connectivity index (χ1n) is 6.13. The van der Waals surface area contributed by atoms with Crippen molar-refractivity contribution in [2.45, 2.75) is 0 Å². The number of halogens is 1. The molecule has 104 valence electrons. The molecule has 3 aromatic rings. The van der Waals surface area contributed by atoms with Crippen LogP contribution in [0, 0.1) is 10.1 Å². The standard InChI is InChI=1S/C15H9ClN2O3/c16-11-5-2-1-4-9(11)15(19)10-8-17-12-6-3-7-13(14(10)12)18(20)21/h1-8,17H. The molecule has 0 aliphatic carbocycles. The second-order valence-electron chi connectivity index (χ2n) is 4.47. The average Bonchev–Trinajstić information content (AvgIpc) is 2.90. The quantitative estimate of drug-likeness (QED) is 0.452. The summed E-state index contributed by atoms with van der Waals surface area (Å²) in [5.74, 6) is -0.346. The molecule has 1 N–H and O–H groups in total. The average molecular weight is 301 g/mol. The zero-order chi connectivity index (χ0) is 15.0. The summed E-state index contributed by atoms with van der Waals surface area (Å²) >= 11 is 6.02. The number of ketones is 1. The van der Waals surface area contributed by atoms with Crippen molar-refractivity contribution in [1.29, 1.82) is 0 Å². The number of rotatable bonds is 3. The fourth-order valence-electron chi connectivity index (χ4n) is 2.29. The molecule has 5 nitrogen and oxygen atoms in total. The van der Waals surface area contributed by atoms with Crippen LogP contribution in [0.25, 0.3) is 10.9 Å².